The van der Waals surface area contributed by atoms with Crippen LogP contribution in [0.25, 0.3) is 5.69 Å². The molecule has 0 radical (unpaired) electrons. The van der Waals surface area contributed by atoms with Crippen LogP contribution >= 0.6 is 11.6 Å². The lowest BCUT2D eigenvalue weighted by molar-refractivity contribution is -0.115. The summed E-state index contributed by atoms with van der Waals surface area (Å²) in [5.41, 5.74) is 1.77. The fourth-order valence-corrected chi connectivity index (χ4v) is 3.73. The van der Waals surface area contributed by atoms with Crippen molar-refractivity contribution in [1.29, 1.82) is 5.26 Å². The number of benzene rings is 2. The van der Waals surface area contributed by atoms with Crippen molar-refractivity contribution in [3.05, 3.63) is 70.5 Å². The first-order valence-electron chi connectivity index (χ1n) is 8.36. The molecular formula is C19H16ClN5O3S. The zero-order valence-corrected chi connectivity index (χ0v) is 16.8. The van der Waals surface area contributed by atoms with E-state index in [2.05, 4.69) is 10.4 Å². The summed E-state index contributed by atoms with van der Waals surface area (Å²) in [6, 6.07) is 14.6. The fraction of sp³-hybridized carbons (Fsp3) is 0.105. The second-order valence-electron chi connectivity index (χ2n) is 6.24. The highest BCUT2D eigenvalue weighted by Crippen LogP contribution is 2.25. The molecule has 10 heteroatoms. The lowest BCUT2D eigenvalue weighted by atomic mass is 10.1. The van der Waals surface area contributed by atoms with Crippen LogP contribution in [-0.2, 0) is 21.2 Å². The van der Waals surface area contributed by atoms with E-state index in [1.807, 2.05) is 6.07 Å². The number of aromatic nitrogens is 2. The van der Waals surface area contributed by atoms with Crippen molar-refractivity contribution in [1.82, 2.24) is 9.78 Å². The normalized spacial score (nSPS) is 11.1. The van der Waals surface area contributed by atoms with Gasteiger partial charge in [0.15, 0.2) is 5.69 Å². The molecule has 2 aromatic carbocycles. The zero-order chi connectivity index (χ0) is 21.2. The lowest BCUT2D eigenvalue weighted by Gasteiger charge is -2.13. The Morgan fingerprint density at radius 1 is 1.28 bits per heavy atom. The molecule has 3 rings (SSSR count). The number of nitrogens with zero attached hydrogens (tertiary/aromatic N) is 3. The van der Waals surface area contributed by atoms with Crippen molar-refractivity contribution in [2.24, 2.45) is 5.14 Å². The van der Waals surface area contributed by atoms with Crippen molar-refractivity contribution in [2.75, 3.05) is 5.32 Å². The third kappa shape index (κ3) is 4.63. The Bertz CT molecular complexity index is 1240. The van der Waals surface area contributed by atoms with E-state index in [4.69, 9.17) is 22.0 Å². The number of nitriles is 1. The predicted molar refractivity (Wildman–Crippen MR) is 108 cm³/mol. The molecule has 148 valence electrons. The van der Waals surface area contributed by atoms with Crippen molar-refractivity contribution in [3.8, 4) is 11.8 Å². The molecule has 0 aliphatic heterocycles. The molecule has 0 spiro atoms. The second kappa shape index (κ2) is 8.05. The molecule has 0 atom stereocenters. The van der Waals surface area contributed by atoms with Crippen LogP contribution in [0.5, 0.6) is 0 Å². The molecule has 1 amide bonds. The summed E-state index contributed by atoms with van der Waals surface area (Å²) >= 11 is 6.07. The smallest absolute Gasteiger partial charge is 0.240 e. The van der Waals surface area contributed by atoms with Crippen molar-refractivity contribution >= 4 is 33.2 Å². The minimum absolute atomic E-state index is 0.0237. The van der Waals surface area contributed by atoms with E-state index in [1.54, 1.807) is 31.2 Å². The first kappa shape index (κ1) is 20.5. The van der Waals surface area contributed by atoms with Gasteiger partial charge >= 0.3 is 0 Å². The molecule has 0 unspecified atom stereocenters. The summed E-state index contributed by atoms with van der Waals surface area (Å²) in [6.07, 6.45) is 0.0237. The molecule has 0 fully saturated rings. The highest BCUT2D eigenvalue weighted by molar-refractivity contribution is 7.89. The molecule has 3 aromatic rings. The summed E-state index contributed by atoms with van der Waals surface area (Å²) in [5, 5.41) is 21.5. The van der Waals surface area contributed by atoms with Gasteiger partial charge in [0.2, 0.25) is 15.9 Å². The maximum atomic E-state index is 12.3. The maximum Gasteiger partial charge on any atom is 0.240 e. The number of nitrogens with one attached hydrogen (secondary N) is 1. The second-order valence-corrected chi connectivity index (χ2v) is 8.18. The monoisotopic (exact) mass is 429 g/mol. The van der Waals surface area contributed by atoms with Crippen LogP contribution < -0.4 is 10.5 Å². The molecule has 3 N–H and O–H groups in total. The molecular weight excluding hydrogens is 414 g/mol. The molecule has 0 aliphatic rings. The average Bonchev–Trinajstić information content (AvgIpc) is 3.03. The minimum Gasteiger partial charge on any atom is -0.326 e. The van der Waals surface area contributed by atoms with Gasteiger partial charge in [-0.3, -0.25) is 4.79 Å². The first-order valence-corrected chi connectivity index (χ1v) is 10.3. The molecule has 1 aromatic heterocycles. The van der Waals surface area contributed by atoms with Crippen LogP contribution in [-0.4, -0.2) is 24.1 Å². The highest BCUT2D eigenvalue weighted by Gasteiger charge is 2.19. The summed E-state index contributed by atoms with van der Waals surface area (Å²) in [7, 11) is -4.14. The van der Waals surface area contributed by atoms with Gasteiger partial charge in [0, 0.05) is 16.4 Å². The lowest BCUT2D eigenvalue weighted by Crippen LogP contribution is -2.18. The Morgan fingerprint density at radius 3 is 2.62 bits per heavy atom. The van der Waals surface area contributed by atoms with Crippen molar-refractivity contribution < 1.29 is 13.2 Å². The summed E-state index contributed by atoms with van der Waals surface area (Å²) in [5.74, 6) is -0.367. The quantitative estimate of drug-likeness (QED) is 0.643. The van der Waals surface area contributed by atoms with Crippen LogP contribution in [0.15, 0.2) is 53.4 Å². The van der Waals surface area contributed by atoms with Gasteiger partial charge in [-0.1, -0.05) is 29.8 Å². The summed E-state index contributed by atoms with van der Waals surface area (Å²) < 4.78 is 25.6. The number of rotatable bonds is 5. The number of hydrogen-bond donors (Lipinski definition) is 2. The number of hydrogen-bond acceptors (Lipinski definition) is 5. The first-order chi connectivity index (χ1) is 13.7. The van der Waals surface area contributed by atoms with Crippen LogP contribution in [0.3, 0.4) is 0 Å². The largest absolute Gasteiger partial charge is 0.326 e. The van der Waals surface area contributed by atoms with E-state index in [-0.39, 0.29) is 34.3 Å². The van der Waals surface area contributed by atoms with Crippen LogP contribution in [0, 0.1) is 18.3 Å². The third-order valence-corrected chi connectivity index (χ3v) is 5.40. The van der Waals surface area contributed by atoms with Gasteiger partial charge in [0.1, 0.15) is 11.0 Å². The molecule has 29 heavy (non-hydrogen) atoms. The molecule has 0 saturated heterocycles. The number of amides is 1. The number of anilines is 1. The molecule has 0 bridgehead atoms. The molecule has 0 saturated carbocycles. The SMILES string of the molecule is Cc1cc(C#N)nn1-c1ccc(NC(=O)Cc2ccccc2Cl)cc1S(N)(=O)=O. The van der Waals surface area contributed by atoms with Crippen LogP contribution in [0.1, 0.15) is 17.0 Å². The molecule has 8 nitrogen and oxygen atoms in total. The van der Waals surface area contributed by atoms with Gasteiger partial charge in [-0.05, 0) is 42.8 Å². The zero-order valence-electron chi connectivity index (χ0n) is 15.3. The number of sulfonamides is 1. The standard InChI is InChI=1S/C19H16ClN5O3S/c1-12-8-15(11-21)24-25(12)17-7-6-14(10-18(17)29(22,27)28)23-19(26)9-13-4-2-3-5-16(13)20/h2-8,10H,9H2,1H3,(H,23,26)(H2,22,27,28). The van der Waals surface area contributed by atoms with Crippen LogP contribution in [0.2, 0.25) is 5.02 Å². The van der Waals surface area contributed by atoms with E-state index in [0.29, 0.717) is 16.3 Å². The number of aryl methyl sites for hydroxylation is 1. The van der Waals surface area contributed by atoms with Crippen molar-refractivity contribution in [2.45, 2.75) is 18.2 Å². The predicted octanol–water partition coefficient (Wildman–Crippen LogP) is 2.53. The van der Waals surface area contributed by atoms with Gasteiger partial charge < -0.3 is 5.32 Å². The number of primary sulfonamides is 1. The average molecular weight is 430 g/mol. The van der Waals surface area contributed by atoms with E-state index >= 15 is 0 Å². The van der Waals surface area contributed by atoms with Gasteiger partial charge in [0.05, 0.1) is 12.1 Å². The minimum atomic E-state index is -4.14. The topological polar surface area (TPSA) is 131 Å². The number of carbonyl (C=O) groups excluding carboxylic acids is 1. The van der Waals surface area contributed by atoms with Gasteiger partial charge in [-0.25, -0.2) is 18.2 Å². The molecule has 0 aliphatic carbocycles. The van der Waals surface area contributed by atoms with E-state index in [0.717, 1.165) is 0 Å². The summed E-state index contributed by atoms with van der Waals surface area (Å²) in [4.78, 5) is 12.1. The Kier molecular flexibility index (Phi) is 5.70. The Hall–Kier alpha value is -3.19. The van der Waals surface area contributed by atoms with E-state index in [1.165, 1.54) is 28.9 Å². The number of nitrogens with two attached hydrogens (primary N) is 1. The van der Waals surface area contributed by atoms with Crippen LogP contribution in [0.4, 0.5) is 5.69 Å². The van der Waals surface area contributed by atoms with Gasteiger partial charge in [-0.15, -0.1) is 0 Å². The van der Waals surface area contributed by atoms with Gasteiger partial charge in [0.25, 0.3) is 0 Å². The highest BCUT2D eigenvalue weighted by atomic mass is 35.5. The fourth-order valence-electron chi connectivity index (χ4n) is 2.79. The summed E-state index contributed by atoms with van der Waals surface area (Å²) in [6.45, 7) is 1.68. The Labute approximate surface area is 172 Å². The van der Waals surface area contributed by atoms with E-state index < -0.39 is 10.0 Å². The Balaban J connectivity index is 1.94. The van der Waals surface area contributed by atoms with E-state index in [9.17, 15) is 13.2 Å². The van der Waals surface area contributed by atoms with Gasteiger partial charge in [-0.2, -0.15) is 10.4 Å². The van der Waals surface area contributed by atoms with Crippen molar-refractivity contribution in [3.63, 3.8) is 0 Å². The molecule has 1 heterocycles. The number of carbonyl (C=O) groups is 1. The third-order valence-electron chi connectivity index (χ3n) is 4.09. The number of halogens is 1. The Morgan fingerprint density at radius 2 is 2.00 bits per heavy atom. The maximum absolute atomic E-state index is 12.3.